The van der Waals surface area contributed by atoms with E-state index in [0.29, 0.717) is 17.1 Å². The first kappa shape index (κ1) is 18.4. The number of nitrogens with one attached hydrogen (secondary N) is 1. The molecule has 1 aliphatic rings. The lowest BCUT2D eigenvalue weighted by atomic mass is 9.79. The van der Waals surface area contributed by atoms with Gasteiger partial charge in [0.25, 0.3) is 5.91 Å². The summed E-state index contributed by atoms with van der Waals surface area (Å²) in [6.45, 7) is 8.05. The lowest BCUT2D eigenvalue weighted by molar-refractivity contribution is 0.00578. The Hall–Kier alpha value is -2.38. The summed E-state index contributed by atoms with van der Waals surface area (Å²) in [5.74, 6) is 0.284. The van der Waals surface area contributed by atoms with Crippen molar-refractivity contribution >= 4 is 24.2 Å². The van der Waals surface area contributed by atoms with Crippen LogP contribution in [0.2, 0.25) is 0 Å². The largest absolute Gasteiger partial charge is 0.494 e. The molecule has 136 valence electrons. The first-order chi connectivity index (χ1) is 12.2. The fourth-order valence-corrected chi connectivity index (χ4v) is 2.55. The molecule has 1 N–H and O–H groups in total. The topological polar surface area (TPSA) is 69.7 Å². The van der Waals surface area contributed by atoms with Gasteiger partial charge in [-0.15, -0.1) is 0 Å². The van der Waals surface area contributed by atoms with E-state index in [1.807, 2.05) is 39.8 Å². The molecule has 0 radical (unpaired) electrons. The fourth-order valence-electron chi connectivity index (χ4n) is 2.55. The summed E-state index contributed by atoms with van der Waals surface area (Å²) in [6, 6.07) is 10.6. The summed E-state index contributed by atoms with van der Waals surface area (Å²) in [5.41, 5.74) is 1.24. The number of ether oxygens (including phenoxy) is 1. The van der Waals surface area contributed by atoms with Crippen molar-refractivity contribution in [1.29, 1.82) is 0 Å². The smallest absolute Gasteiger partial charge is 0.481 e. The van der Waals surface area contributed by atoms with Crippen LogP contribution in [0.4, 0.5) is 5.69 Å². The third-order valence-electron chi connectivity index (χ3n) is 4.90. The van der Waals surface area contributed by atoms with Gasteiger partial charge in [0, 0.05) is 11.6 Å². The van der Waals surface area contributed by atoms with E-state index < -0.39 is 18.3 Å². The minimum absolute atomic E-state index is 0.211. The molecule has 1 saturated heterocycles. The summed E-state index contributed by atoms with van der Waals surface area (Å²) in [5, 5.41) is 2.81. The SMILES string of the molecule is COc1ccc(NC(=O)c2ccc(B3OC(C)(C)C(C)(C)O3)cc2)cn1. The Morgan fingerprint density at radius 1 is 1.04 bits per heavy atom. The lowest BCUT2D eigenvalue weighted by Crippen LogP contribution is -2.41. The van der Waals surface area contributed by atoms with E-state index in [2.05, 4.69) is 10.3 Å². The maximum atomic E-state index is 12.4. The van der Waals surface area contributed by atoms with E-state index in [-0.39, 0.29) is 5.91 Å². The molecule has 2 aromatic rings. The van der Waals surface area contributed by atoms with Gasteiger partial charge in [0.05, 0.1) is 30.2 Å². The van der Waals surface area contributed by atoms with Crippen molar-refractivity contribution in [1.82, 2.24) is 4.98 Å². The maximum absolute atomic E-state index is 12.4. The van der Waals surface area contributed by atoms with E-state index >= 15 is 0 Å². The molecule has 1 fully saturated rings. The summed E-state index contributed by atoms with van der Waals surface area (Å²) >= 11 is 0. The second-order valence-corrected chi connectivity index (χ2v) is 7.25. The molecule has 6 nitrogen and oxygen atoms in total. The molecule has 1 aromatic heterocycles. The molecular formula is C19H23BN2O4. The standard InChI is InChI=1S/C19H23BN2O4/c1-18(2)19(3,4)26-20(25-18)14-8-6-13(7-9-14)17(23)22-15-10-11-16(24-5)21-12-15/h6-12H,1-5H3,(H,22,23). The predicted molar refractivity (Wildman–Crippen MR) is 101 cm³/mol. The van der Waals surface area contributed by atoms with Crippen LogP contribution < -0.4 is 15.5 Å². The van der Waals surface area contributed by atoms with Gasteiger partial charge in [-0.05, 0) is 51.4 Å². The summed E-state index contributed by atoms with van der Waals surface area (Å²) in [7, 11) is 1.10. The Bertz CT molecular complexity index is 772. The molecule has 0 atom stereocenters. The van der Waals surface area contributed by atoms with E-state index in [1.165, 1.54) is 0 Å². The molecule has 1 aromatic carbocycles. The van der Waals surface area contributed by atoms with Crippen LogP contribution in [0.25, 0.3) is 0 Å². The molecule has 0 unspecified atom stereocenters. The van der Waals surface area contributed by atoms with Crippen LogP contribution in [0.1, 0.15) is 38.1 Å². The first-order valence-electron chi connectivity index (χ1n) is 8.49. The number of rotatable bonds is 4. The highest BCUT2D eigenvalue weighted by atomic mass is 16.7. The average Bonchev–Trinajstić information content (AvgIpc) is 2.83. The zero-order chi connectivity index (χ0) is 18.9. The number of carbonyl (C=O) groups is 1. The number of benzene rings is 1. The van der Waals surface area contributed by atoms with E-state index in [1.54, 1.807) is 37.6 Å². The second-order valence-electron chi connectivity index (χ2n) is 7.25. The first-order valence-corrected chi connectivity index (χ1v) is 8.49. The van der Waals surface area contributed by atoms with Gasteiger partial charge in [-0.2, -0.15) is 0 Å². The van der Waals surface area contributed by atoms with Gasteiger partial charge in [-0.25, -0.2) is 4.98 Å². The van der Waals surface area contributed by atoms with Gasteiger partial charge in [-0.1, -0.05) is 12.1 Å². The molecule has 0 aliphatic carbocycles. The minimum Gasteiger partial charge on any atom is -0.481 e. The van der Waals surface area contributed by atoms with Crippen molar-refractivity contribution in [3.8, 4) is 5.88 Å². The molecule has 7 heteroatoms. The van der Waals surface area contributed by atoms with Gasteiger partial charge in [0.15, 0.2) is 0 Å². The monoisotopic (exact) mass is 354 g/mol. The molecule has 3 rings (SSSR count). The van der Waals surface area contributed by atoms with Gasteiger partial charge >= 0.3 is 7.12 Å². The second kappa shape index (κ2) is 6.74. The van der Waals surface area contributed by atoms with Crippen LogP contribution >= 0.6 is 0 Å². The number of methoxy groups -OCH3 is 1. The van der Waals surface area contributed by atoms with Crippen LogP contribution in [0.15, 0.2) is 42.6 Å². The number of aromatic nitrogens is 1. The number of amides is 1. The van der Waals surface area contributed by atoms with Crippen molar-refractivity contribution in [2.45, 2.75) is 38.9 Å². The third kappa shape index (κ3) is 3.59. The molecular weight excluding hydrogens is 331 g/mol. The minimum atomic E-state index is -0.442. The summed E-state index contributed by atoms with van der Waals surface area (Å²) in [6.07, 6.45) is 1.55. The summed E-state index contributed by atoms with van der Waals surface area (Å²) < 4.78 is 17.1. The van der Waals surface area contributed by atoms with Crippen LogP contribution in [-0.4, -0.2) is 36.3 Å². The van der Waals surface area contributed by atoms with Gasteiger partial charge in [0.2, 0.25) is 5.88 Å². The van der Waals surface area contributed by atoms with Crippen molar-refractivity contribution in [2.75, 3.05) is 12.4 Å². The number of carbonyl (C=O) groups excluding carboxylic acids is 1. The number of nitrogens with zero attached hydrogens (tertiary/aromatic N) is 1. The predicted octanol–water partition coefficient (Wildman–Crippen LogP) is 2.64. The van der Waals surface area contributed by atoms with Gasteiger partial charge in [-0.3, -0.25) is 4.79 Å². The number of hydrogen-bond acceptors (Lipinski definition) is 5. The Balaban J connectivity index is 1.68. The van der Waals surface area contributed by atoms with Crippen molar-refractivity contribution in [2.24, 2.45) is 0 Å². The molecule has 2 heterocycles. The average molecular weight is 354 g/mol. The highest BCUT2D eigenvalue weighted by Gasteiger charge is 2.51. The van der Waals surface area contributed by atoms with E-state index in [9.17, 15) is 4.79 Å². The molecule has 26 heavy (non-hydrogen) atoms. The molecule has 0 bridgehead atoms. The third-order valence-corrected chi connectivity index (χ3v) is 4.90. The quantitative estimate of drug-likeness (QED) is 0.855. The summed E-state index contributed by atoms with van der Waals surface area (Å²) in [4.78, 5) is 16.4. The van der Waals surface area contributed by atoms with E-state index in [0.717, 1.165) is 5.46 Å². The molecule has 0 spiro atoms. The zero-order valence-electron chi connectivity index (χ0n) is 15.7. The normalized spacial score (nSPS) is 17.8. The lowest BCUT2D eigenvalue weighted by Gasteiger charge is -2.32. The fraction of sp³-hybridized carbons (Fsp3) is 0.368. The Labute approximate surface area is 154 Å². The molecule has 0 saturated carbocycles. The number of anilines is 1. The Morgan fingerprint density at radius 2 is 1.65 bits per heavy atom. The van der Waals surface area contributed by atoms with Crippen LogP contribution in [0.3, 0.4) is 0 Å². The van der Waals surface area contributed by atoms with E-state index in [4.69, 9.17) is 14.0 Å². The Kier molecular flexibility index (Phi) is 4.77. The number of hydrogen-bond donors (Lipinski definition) is 1. The van der Waals surface area contributed by atoms with Crippen LogP contribution in [0, 0.1) is 0 Å². The van der Waals surface area contributed by atoms with Crippen molar-refractivity contribution in [3.63, 3.8) is 0 Å². The van der Waals surface area contributed by atoms with Crippen LogP contribution in [0.5, 0.6) is 5.88 Å². The van der Waals surface area contributed by atoms with Crippen LogP contribution in [-0.2, 0) is 9.31 Å². The Morgan fingerprint density at radius 3 is 2.15 bits per heavy atom. The zero-order valence-corrected chi connectivity index (χ0v) is 15.7. The maximum Gasteiger partial charge on any atom is 0.494 e. The number of pyridine rings is 1. The van der Waals surface area contributed by atoms with Gasteiger partial charge < -0.3 is 19.4 Å². The molecule has 1 amide bonds. The van der Waals surface area contributed by atoms with Crippen molar-refractivity contribution < 1.29 is 18.8 Å². The highest BCUT2D eigenvalue weighted by Crippen LogP contribution is 2.36. The van der Waals surface area contributed by atoms with Gasteiger partial charge in [0.1, 0.15) is 0 Å². The highest BCUT2D eigenvalue weighted by molar-refractivity contribution is 6.62. The molecule has 1 aliphatic heterocycles. The van der Waals surface area contributed by atoms with Crippen molar-refractivity contribution in [3.05, 3.63) is 48.2 Å².